The fraction of sp³-hybridized carbons (Fsp3) is 0.320. The number of carbonyl (C=O) groups is 2. The number of hydrogen-bond donors (Lipinski definition) is 0. The van der Waals surface area contributed by atoms with Gasteiger partial charge in [-0.25, -0.2) is 14.6 Å². The molecular formula is C25H27N3O4. The summed E-state index contributed by atoms with van der Waals surface area (Å²) in [7, 11) is 1.37. The Labute approximate surface area is 187 Å². The number of guanidine groups is 1. The monoisotopic (exact) mass is 433 g/mol. The minimum absolute atomic E-state index is 0.278. The fourth-order valence-electron chi connectivity index (χ4n) is 4.14. The molecule has 0 aromatic heterocycles. The molecule has 0 saturated carbocycles. The molecule has 2 heterocycles. The standard InChI is InChI=1S/C25H27N3O4/c1-4-6-14-27-20-13-12-18(23(29)31-3)15-21(20)28-22(17-10-8-7-9-11-17)19(16-26-25(27)28)24(30)32-5-2/h7-13,15-16,22H,4-6,14H2,1-3H3. The second-order valence-electron chi connectivity index (χ2n) is 7.62. The largest absolute Gasteiger partial charge is 0.465 e. The first-order valence-corrected chi connectivity index (χ1v) is 10.9. The van der Waals surface area contributed by atoms with E-state index in [0.29, 0.717) is 11.1 Å². The lowest BCUT2D eigenvalue weighted by Crippen LogP contribution is -2.44. The van der Waals surface area contributed by atoms with Crippen LogP contribution in [0.3, 0.4) is 0 Å². The first kappa shape index (κ1) is 21.6. The number of fused-ring (bicyclic) bond motifs is 3. The zero-order valence-corrected chi connectivity index (χ0v) is 18.6. The minimum Gasteiger partial charge on any atom is -0.465 e. The predicted molar refractivity (Wildman–Crippen MR) is 124 cm³/mol. The van der Waals surface area contributed by atoms with E-state index < -0.39 is 18.0 Å². The summed E-state index contributed by atoms with van der Waals surface area (Å²) in [5, 5.41) is 0. The highest BCUT2D eigenvalue weighted by molar-refractivity contribution is 6.19. The Morgan fingerprint density at radius 3 is 2.50 bits per heavy atom. The summed E-state index contributed by atoms with van der Waals surface area (Å²) < 4.78 is 10.3. The van der Waals surface area contributed by atoms with Crippen LogP contribution in [0.2, 0.25) is 0 Å². The normalized spacial score (nSPS) is 16.7. The van der Waals surface area contributed by atoms with Crippen molar-refractivity contribution >= 4 is 29.3 Å². The molecule has 0 spiro atoms. The fourth-order valence-corrected chi connectivity index (χ4v) is 4.14. The van der Waals surface area contributed by atoms with Crippen LogP contribution in [0.15, 0.2) is 65.3 Å². The van der Waals surface area contributed by atoms with Gasteiger partial charge in [-0.05, 0) is 37.1 Å². The van der Waals surface area contributed by atoms with Crippen LogP contribution in [0.5, 0.6) is 0 Å². The topological polar surface area (TPSA) is 71.4 Å². The molecule has 2 aromatic carbocycles. The van der Waals surface area contributed by atoms with Gasteiger partial charge in [0.2, 0.25) is 5.96 Å². The van der Waals surface area contributed by atoms with Crippen LogP contribution in [-0.4, -0.2) is 38.2 Å². The number of nitrogens with zero attached hydrogens (tertiary/aromatic N) is 3. The Bertz CT molecular complexity index is 1080. The van der Waals surface area contributed by atoms with Crippen molar-refractivity contribution in [2.75, 3.05) is 30.1 Å². The summed E-state index contributed by atoms with van der Waals surface area (Å²) in [4.78, 5) is 34.0. The van der Waals surface area contributed by atoms with E-state index in [2.05, 4.69) is 16.8 Å². The lowest BCUT2D eigenvalue weighted by Gasteiger charge is -2.34. The van der Waals surface area contributed by atoms with Crippen LogP contribution in [-0.2, 0) is 14.3 Å². The molecule has 2 aliphatic rings. The van der Waals surface area contributed by atoms with Crippen molar-refractivity contribution < 1.29 is 19.1 Å². The zero-order chi connectivity index (χ0) is 22.7. The molecule has 1 unspecified atom stereocenters. The molecular weight excluding hydrogens is 406 g/mol. The highest BCUT2D eigenvalue weighted by Crippen LogP contribution is 2.47. The van der Waals surface area contributed by atoms with Gasteiger partial charge < -0.3 is 14.4 Å². The number of carbonyl (C=O) groups excluding carboxylic acids is 2. The third kappa shape index (κ3) is 3.75. The van der Waals surface area contributed by atoms with Gasteiger partial charge in [0.05, 0.1) is 42.3 Å². The molecule has 0 N–H and O–H groups in total. The average Bonchev–Trinajstić information content (AvgIpc) is 3.15. The number of aliphatic imine (C=N–C) groups is 1. The molecule has 0 radical (unpaired) electrons. The highest BCUT2D eigenvalue weighted by atomic mass is 16.5. The van der Waals surface area contributed by atoms with Crippen LogP contribution < -0.4 is 9.80 Å². The Balaban J connectivity index is 1.89. The molecule has 166 valence electrons. The Morgan fingerprint density at radius 1 is 1.03 bits per heavy atom. The van der Waals surface area contributed by atoms with Crippen molar-refractivity contribution in [3.63, 3.8) is 0 Å². The van der Waals surface area contributed by atoms with E-state index in [9.17, 15) is 9.59 Å². The quantitative estimate of drug-likeness (QED) is 0.601. The molecule has 0 bridgehead atoms. The van der Waals surface area contributed by atoms with Gasteiger partial charge in [0.15, 0.2) is 0 Å². The summed E-state index contributed by atoms with van der Waals surface area (Å²) in [5.74, 6) is -0.0769. The summed E-state index contributed by atoms with van der Waals surface area (Å²) >= 11 is 0. The van der Waals surface area contributed by atoms with Crippen molar-refractivity contribution in [3.8, 4) is 0 Å². The van der Waals surface area contributed by atoms with E-state index >= 15 is 0 Å². The summed E-state index contributed by atoms with van der Waals surface area (Å²) in [6, 6.07) is 14.9. The second-order valence-corrected chi connectivity index (χ2v) is 7.62. The molecule has 0 amide bonds. The van der Waals surface area contributed by atoms with Gasteiger partial charge >= 0.3 is 11.9 Å². The molecule has 7 nitrogen and oxygen atoms in total. The lowest BCUT2D eigenvalue weighted by atomic mass is 9.96. The molecule has 2 aromatic rings. The van der Waals surface area contributed by atoms with Crippen LogP contribution in [0, 0.1) is 0 Å². The third-order valence-corrected chi connectivity index (χ3v) is 5.64. The molecule has 4 rings (SSSR count). The maximum absolute atomic E-state index is 12.9. The first-order chi connectivity index (χ1) is 15.6. The van der Waals surface area contributed by atoms with E-state index in [-0.39, 0.29) is 6.61 Å². The van der Waals surface area contributed by atoms with Crippen LogP contribution in [0.1, 0.15) is 48.7 Å². The minimum atomic E-state index is -0.430. The van der Waals surface area contributed by atoms with Crippen molar-refractivity contribution in [3.05, 3.63) is 71.4 Å². The lowest BCUT2D eigenvalue weighted by molar-refractivity contribution is -0.138. The number of unbranched alkanes of at least 4 members (excludes halogenated alkanes) is 1. The van der Waals surface area contributed by atoms with Gasteiger partial charge in [0.1, 0.15) is 0 Å². The number of hydrogen-bond acceptors (Lipinski definition) is 7. The van der Waals surface area contributed by atoms with Gasteiger partial charge in [-0.3, -0.25) is 4.90 Å². The van der Waals surface area contributed by atoms with Crippen molar-refractivity contribution in [1.82, 2.24) is 0 Å². The average molecular weight is 434 g/mol. The van der Waals surface area contributed by atoms with Gasteiger partial charge in [0, 0.05) is 12.7 Å². The van der Waals surface area contributed by atoms with E-state index in [1.165, 1.54) is 7.11 Å². The highest BCUT2D eigenvalue weighted by Gasteiger charge is 2.43. The van der Waals surface area contributed by atoms with Crippen LogP contribution >= 0.6 is 0 Å². The van der Waals surface area contributed by atoms with E-state index in [1.807, 2.05) is 47.4 Å². The number of rotatable bonds is 7. The number of ether oxygens (including phenoxy) is 2. The predicted octanol–water partition coefficient (Wildman–Crippen LogP) is 4.46. The molecule has 0 fully saturated rings. The van der Waals surface area contributed by atoms with Crippen molar-refractivity contribution in [2.45, 2.75) is 32.7 Å². The number of benzene rings is 2. The molecule has 1 atom stereocenters. The van der Waals surface area contributed by atoms with Gasteiger partial charge in [-0.2, -0.15) is 0 Å². The third-order valence-electron chi connectivity index (χ3n) is 5.64. The zero-order valence-electron chi connectivity index (χ0n) is 18.6. The number of anilines is 2. The maximum atomic E-state index is 12.9. The number of esters is 2. The first-order valence-electron chi connectivity index (χ1n) is 10.9. The van der Waals surface area contributed by atoms with Crippen molar-refractivity contribution in [1.29, 1.82) is 0 Å². The van der Waals surface area contributed by atoms with E-state index in [4.69, 9.17) is 9.47 Å². The SMILES string of the molecule is CCCCN1C2=NC=C(C(=O)OCC)C(c3ccccc3)N2c2cc(C(=O)OC)ccc21. The van der Waals surface area contributed by atoms with Crippen molar-refractivity contribution in [2.24, 2.45) is 4.99 Å². The maximum Gasteiger partial charge on any atom is 0.338 e. The van der Waals surface area contributed by atoms with Crippen LogP contribution in [0.4, 0.5) is 11.4 Å². The molecule has 0 aliphatic carbocycles. The van der Waals surface area contributed by atoms with E-state index in [0.717, 1.165) is 42.3 Å². The summed E-state index contributed by atoms with van der Waals surface area (Å²) in [6.07, 6.45) is 3.63. The van der Waals surface area contributed by atoms with Gasteiger partial charge in [-0.1, -0.05) is 43.7 Å². The number of methoxy groups -OCH3 is 1. The Hall–Kier alpha value is -3.61. The summed E-state index contributed by atoms with van der Waals surface area (Å²) in [5.41, 5.74) is 3.59. The second kappa shape index (κ2) is 9.26. The molecule has 7 heteroatoms. The summed E-state index contributed by atoms with van der Waals surface area (Å²) in [6.45, 7) is 4.98. The Kier molecular flexibility index (Phi) is 6.25. The Morgan fingerprint density at radius 2 is 1.81 bits per heavy atom. The molecule has 2 aliphatic heterocycles. The van der Waals surface area contributed by atoms with E-state index in [1.54, 1.807) is 19.2 Å². The molecule has 0 saturated heterocycles. The van der Waals surface area contributed by atoms with Crippen LogP contribution in [0.25, 0.3) is 0 Å². The van der Waals surface area contributed by atoms with Gasteiger partial charge in [0.25, 0.3) is 0 Å². The smallest absolute Gasteiger partial charge is 0.338 e. The molecule has 32 heavy (non-hydrogen) atoms. The van der Waals surface area contributed by atoms with Gasteiger partial charge in [-0.15, -0.1) is 0 Å².